The van der Waals surface area contributed by atoms with Crippen LogP contribution >= 0.6 is 15.9 Å². The fourth-order valence-electron chi connectivity index (χ4n) is 4.42. The van der Waals surface area contributed by atoms with E-state index in [2.05, 4.69) is 45.1 Å². The molecule has 0 saturated carbocycles. The molecular formula is C23H22BrNO3. The average molecular weight is 440 g/mol. The number of ether oxygens (including phenoxy) is 1. The summed E-state index contributed by atoms with van der Waals surface area (Å²) in [5, 5.41) is 1.07. The first-order chi connectivity index (χ1) is 13.7. The van der Waals surface area contributed by atoms with Crippen LogP contribution in [0.5, 0.6) is 0 Å². The lowest BCUT2D eigenvalue weighted by molar-refractivity contribution is -0.0328. The predicted molar refractivity (Wildman–Crippen MR) is 113 cm³/mol. The molecule has 1 aromatic heterocycles. The highest BCUT2D eigenvalue weighted by Gasteiger charge is 2.23. The van der Waals surface area contributed by atoms with Crippen LogP contribution in [0.1, 0.15) is 34.8 Å². The van der Waals surface area contributed by atoms with Gasteiger partial charge in [0.15, 0.2) is 0 Å². The summed E-state index contributed by atoms with van der Waals surface area (Å²) >= 11 is 3.54. The Hall–Kier alpha value is -1.95. The molecule has 1 fully saturated rings. The molecule has 0 spiro atoms. The van der Waals surface area contributed by atoms with Gasteiger partial charge in [0.1, 0.15) is 5.58 Å². The lowest BCUT2D eigenvalue weighted by atomic mass is 10.0. The number of fused-ring (bicyclic) bond motifs is 2. The molecule has 144 valence electrons. The zero-order valence-corrected chi connectivity index (χ0v) is 17.2. The molecule has 1 saturated heterocycles. The van der Waals surface area contributed by atoms with Gasteiger partial charge in [-0.25, -0.2) is 4.79 Å². The van der Waals surface area contributed by atoms with E-state index in [-0.39, 0.29) is 11.7 Å². The first kappa shape index (κ1) is 18.1. The van der Waals surface area contributed by atoms with Crippen LogP contribution in [0.25, 0.3) is 11.0 Å². The molecule has 2 aromatic carbocycles. The number of benzene rings is 2. The van der Waals surface area contributed by atoms with E-state index in [1.54, 1.807) is 6.07 Å². The number of nitrogens with zero attached hydrogens (tertiary/aromatic N) is 1. The molecule has 0 amide bonds. The number of hydrogen-bond acceptors (Lipinski definition) is 4. The summed E-state index contributed by atoms with van der Waals surface area (Å²) in [5.74, 6) is 0. The van der Waals surface area contributed by atoms with Crippen LogP contribution in [0.15, 0.2) is 56.1 Å². The molecule has 5 heteroatoms. The van der Waals surface area contributed by atoms with Crippen LogP contribution in [0.4, 0.5) is 0 Å². The van der Waals surface area contributed by atoms with Crippen molar-refractivity contribution in [2.45, 2.75) is 31.9 Å². The van der Waals surface area contributed by atoms with Crippen LogP contribution in [-0.4, -0.2) is 24.6 Å². The maximum absolute atomic E-state index is 12.2. The molecule has 4 nitrogen and oxygen atoms in total. The van der Waals surface area contributed by atoms with Crippen molar-refractivity contribution in [3.8, 4) is 0 Å². The van der Waals surface area contributed by atoms with E-state index in [4.69, 9.17) is 9.15 Å². The summed E-state index contributed by atoms with van der Waals surface area (Å²) in [6.45, 7) is 3.08. The van der Waals surface area contributed by atoms with Gasteiger partial charge < -0.3 is 9.15 Å². The van der Waals surface area contributed by atoms with Gasteiger partial charge in [-0.15, -0.1) is 0 Å². The second kappa shape index (κ2) is 7.47. The molecule has 5 rings (SSSR count). The number of halogens is 1. The standard InChI is InChI=1S/C23H22BrNO3/c24-19-6-2-5-17(9-19)22-14-25(7-8-27-22)13-18-12-23(26)28-21-11-16-4-1-3-15(16)10-20(18)21/h2,5-6,9-12,22H,1,3-4,7-8,13-14H2. The van der Waals surface area contributed by atoms with Crippen molar-refractivity contribution in [2.75, 3.05) is 19.7 Å². The minimum atomic E-state index is -0.266. The normalized spacial score (nSPS) is 19.8. The lowest BCUT2D eigenvalue weighted by Gasteiger charge is -2.33. The molecular weight excluding hydrogens is 418 g/mol. The predicted octanol–water partition coefficient (Wildman–Crippen LogP) is 4.62. The zero-order valence-electron chi connectivity index (χ0n) is 15.6. The molecule has 1 atom stereocenters. The number of rotatable bonds is 3. The van der Waals surface area contributed by atoms with E-state index in [0.29, 0.717) is 6.61 Å². The van der Waals surface area contributed by atoms with E-state index in [0.717, 1.165) is 53.5 Å². The SMILES string of the molecule is O=c1cc(CN2CCOC(c3cccc(Br)c3)C2)c2cc3c(cc2o1)CCC3. The van der Waals surface area contributed by atoms with Gasteiger partial charge in [-0.2, -0.15) is 0 Å². The first-order valence-electron chi connectivity index (χ1n) is 9.84. The van der Waals surface area contributed by atoms with Crippen molar-refractivity contribution in [1.82, 2.24) is 4.90 Å². The van der Waals surface area contributed by atoms with Gasteiger partial charge in [0, 0.05) is 35.6 Å². The van der Waals surface area contributed by atoms with E-state index in [1.807, 2.05) is 12.1 Å². The second-order valence-electron chi connectivity index (χ2n) is 7.71. The maximum Gasteiger partial charge on any atom is 0.336 e. The Bertz CT molecular complexity index is 1090. The lowest BCUT2D eigenvalue weighted by Crippen LogP contribution is -2.38. The zero-order chi connectivity index (χ0) is 19.1. The van der Waals surface area contributed by atoms with Gasteiger partial charge >= 0.3 is 5.63 Å². The largest absolute Gasteiger partial charge is 0.423 e. The fourth-order valence-corrected chi connectivity index (χ4v) is 4.84. The van der Waals surface area contributed by atoms with Crippen LogP contribution in [0, 0.1) is 0 Å². The van der Waals surface area contributed by atoms with Crippen LogP contribution in [0.2, 0.25) is 0 Å². The van der Waals surface area contributed by atoms with E-state index >= 15 is 0 Å². The smallest absolute Gasteiger partial charge is 0.336 e. The molecule has 1 aliphatic carbocycles. The van der Waals surface area contributed by atoms with Gasteiger partial charge in [0.25, 0.3) is 0 Å². The Morgan fingerprint density at radius 3 is 2.82 bits per heavy atom. The first-order valence-corrected chi connectivity index (χ1v) is 10.6. The van der Waals surface area contributed by atoms with E-state index < -0.39 is 0 Å². The fraction of sp³-hybridized carbons (Fsp3) is 0.348. The Morgan fingerprint density at radius 1 is 1.11 bits per heavy atom. The molecule has 1 aliphatic heterocycles. The average Bonchev–Trinajstić information content (AvgIpc) is 3.14. The van der Waals surface area contributed by atoms with Crippen LogP contribution in [-0.2, 0) is 24.1 Å². The monoisotopic (exact) mass is 439 g/mol. The highest BCUT2D eigenvalue weighted by molar-refractivity contribution is 9.10. The number of aryl methyl sites for hydroxylation is 2. The number of hydrogen-bond donors (Lipinski definition) is 0. The maximum atomic E-state index is 12.2. The second-order valence-corrected chi connectivity index (χ2v) is 8.63. The molecule has 0 bridgehead atoms. The third-order valence-electron chi connectivity index (χ3n) is 5.81. The van der Waals surface area contributed by atoms with Gasteiger partial charge in [0.2, 0.25) is 0 Å². The summed E-state index contributed by atoms with van der Waals surface area (Å²) in [6.07, 6.45) is 3.42. The minimum Gasteiger partial charge on any atom is -0.423 e. The summed E-state index contributed by atoms with van der Waals surface area (Å²) in [7, 11) is 0. The van der Waals surface area contributed by atoms with Crippen molar-refractivity contribution < 1.29 is 9.15 Å². The molecule has 2 aliphatic rings. The highest BCUT2D eigenvalue weighted by Crippen LogP contribution is 2.30. The molecule has 3 aromatic rings. The minimum absolute atomic E-state index is 0.0434. The van der Waals surface area contributed by atoms with Gasteiger partial charge in [-0.1, -0.05) is 28.1 Å². The quantitative estimate of drug-likeness (QED) is 0.558. The molecule has 2 heterocycles. The Balaban J connectivity index is 1.44. The summed E-state index contributed by atoms with van der Waals surface area (Å²) in [4.78, 5) is 14.5. The van der Waals surface area contributed by atoms with E-state index in [9.17, 15) is 4.79 Å². The molecule has 1 unspecified atom stereocenters. The third-order valence-corrected chi connectivity index (χ3v) is 6.30. The van der Waals surface area contributed by atoms with Gasteiger partial charge in [-0.05, 0) is 65.8 Å². The Labute approximate surface area is 172 Å². The third kappa shape index (κ3) is 3.54. The molecule has 0 radical (unpaired) electrons. The summed E-state index contributed by atoms with van der Waals surface area (Å²) < 4.78 is 12.6. The van der Waals surface area contributed by atoms with Crippen molar-refractivity contribution in [3.63, 3.8) is 0 Å². The topological polar surface area (TPSA) is 42.7 Å². The Kier molecular flexibility index (Phi) is 4.83. The van der Waals surface area contributed by atoms with E-state index in [1.165, 1.54) is 23.1 Å². The summed E-state index contributed by atoms with van der Waals surface area (Å²) in [6, 6.07) is 14.3. The van der Waals surface area contributed by atoms with Crippen molar-refractivity contribution in [3.05, 3.63) is 79.6 Å². The van der Waals surface area contributed by atoms with Crippen molar-refractivity contribution >= 4 is 26.9 Å². The molecule has 0 N–H and O–H groups in total. The van der Waals surface area contributed by atoms with Gasteiger partial charge in [0.05, 0.1) is 12.7 Å². The van der Waals surface area contributed by atoms with Crippen molar-refractivity contribution in [2.24, 2.45) is 0 Å². The van der Waals surface area contributed by atoms with Crippen LogP contribution < -0.4 is 5.63 Å². The van der Waals surface area contributed by atoms with Gasteiger partial charge in [-0.3, -0.25) is 4.90 Å². The highest BCUT2D eigenvalue weighted by atomic mass is 79.9. The Morgan fingerprint density at radius 2 is 1.96 bits per heavy atom. The summed E-state index contributed by atoms with van der Waals surface area (Å²) in [5.41, 5.74) is 5.41. The number of morpholine rings is 1. The van der Waals surface area contributed by atoms with Crippen molar-refractivity contribution in [1.29, 1.82) is 0 Å². The molecule has 28 heavy (non-hydrogen) atoms. The van der Waals surface area contributed by atoms with Crippen LogP contribution in [0.3, 0.4) is 0 Å².